The molecule has 27 heavy (non-hydrogen) atoms. The number of benzene rings is 1. The summed E-state index contributed by atoms with van der Waals surface area (Å²) < 4.78 is 13.0. The van der Waals surface area contributed by atoms with Crippen LogP contribution in [0.3, 0.4) is 0 Å². The molecule has 140 valence electrons. The van der Waals surface area contributed by atoms with Crippen LogP contribution in [-0.2, 0) is 4.79 Å². The van der Waals surface area contributed by atoms with E-state index in [4.69, 9.17) is 0 Å². The molecule has 0 aliphatic rings. The van der Waals surface area contributed by atoms with Crippen LogP contribution in [0.15, 0.2) is 54.9 Å². The number of rotatable bonds is 7. The normalized spacial score (nSPS) is 13.1. The van der Waals surface area contributed by atoms with Crippen molar-refractivity contribution < 1.29 is 9.18 Å². The Morgan fingerprint density at radius 2 is 1.85 bits per heavy atom. The van der Waals surface area contributed by atoms with Crippen molar-refractivity contribution in [1.82, 2.24) is 9.97 Å². The van der Waals surface area contributed by atoms with Crippen LogP contribution in [0.5, 0.6) is 0 Å². The lowest BCUT2D eigenvalue weighted by atomic mass is 9.92. The average molecular weight is 366 g/mol. The highest BCUT2D eigenvalue weighted by atomic mass is 19.1. The molecule has 0 aliphatic carbocycles. The number of halogens is 1. The Morgan fingerprint density at radius 1 is 1.07 bits per heavy atom. The molecular weight excluding hydrogens is 343 g/mol. The first-order valence-electron chi connectivity index (χ1n) is 9.04. The van der Waals surface area contributed by atoms with Crippen LogP contribution in [0.4, 0.5) is 15.9 Å². The fourth-order valence-electron chi connectivity index (χ4n) is 2.85. The summed E-state index contributed by atoms with van der Waals surface area (Å²) >= 11 is 0. The van der Waals surface area contributed by atoms with Gasteiger partial charge >= 0.3 is 0 Å². The lowest BCUT2D eigenvalue weighted by molar-refractivity contribution is -0.120. The SMILES string of the molecule is CC(CCNc1nccc2cccnc12)C(C)C(=O)Nc1ccc(F)cc1. The molecule has 2 aromatic heterocycles. The van der Waals surface area contributed by atoms with Gasteiger partial charge in [0.1, 0.15) is 11.3 Å². The van der Waals surface area contributed by atoms with E-state index in [1.165, 1.54) is 12.1 Å². The molecule has 0 saturated carbocycles. The molecule has 0 spiro atoms. The van der Waals surface area contributed by atoms with Gasteiger partial charge in [0.15, 0.2) is 5.82 Å². The molecule has 6 heteroatoms. The Bertz CT molecular complexity index is 908. The number of nitrogens with zero attached hydrogens (tertiary/aromatic N) is 2. The number of aromatic nitrogens is 2. The number of anilines is 2. The fourth-order valence-corrected chi connectivity index (χ4v) is 2.85. The van der Waals surface area contributed by atoms with Crippen LogP contribution in [-0.4, -0.2) is 22.4 Å². The Morgan fingerprint density at radius 3 is 2.63 bits per heavy atom. The molecule has 2 N–H and O–H groups in total. The van der Waals surface area contributed by atoms with Gasteiger partial charge in [0.05, 0.1) is 0 Å². The summed E-state index contributed by atoms with van der Waals surface area (Å²) in [6.45, 7) is 4.64. The van der Waals surface area contributed by atoms with Crippen LogP contribution in [0.2, 0.25) is 0 Å². The molecule has 0 aliphatic heterocycles. The molecule has 0 saturated heterocycles. The van der Waals surface area contributed by atoms with Gasteiger partial charge in [0, 0.05) is 35.9 Å². The lowest BCUT2D eigenvalue weighted by Crippen LogP contribution is -2.27. The largest absolute Gasteiger partial charge is 0.368 e. The van der Waals surface area contributed by atoms with Crippen LogP contribution in [0, 0.1) is 17.7 Å². The minimum atomic E-state index is -0.322. The average Bonchev–Trinajstić information content (AvgIpc) is 2.69. The third-order valence-electron chi connectivity index (χ3n) is 4.79. The van der Waals surface area contributed by atoms with Crippen molar-refractivity contribution in [2.24, 2.45) is 11.8 Å². The molecule has 3 rings (SSSR count). The number of carbonyl (C=O) groups excluding carboxylic acids is 1. The van der Waals surface area contributed by atoms with Gasteiger partial charge in [-0.3, -0.25) is 9.78 Å². The second kappa shape index (κ2) is 8.58. The maximum absolute atomic E-state index is 13.0. The first kappa shape index (κ1) is 18.8. The Labute approximate surface area is 158 Å². The summed E-state index contributed by atoms with van der Waals surface area (Å²) in [5, 5.41) is 7.19. The summed E-state index contributed by atoms with van der Waals surface area (Å²) in [5.41, 5.74) is 1.44. The topological polar surface area (TPSA) is 66.9 Å². The predicted molar refractivity (Wildman–Crippen MR) is 106 cm³/mol. The molecule has 3 aromatic rings. The smallest absolute Gasteiger partial charge is 0.227 e. The highest BCUT2D eigenvalue weighted by molar-refractivity contribution is 5.92. The molecule has 2 unspecified atom stereocenters. The van der Waals surface area contributed by atoms with Gasteiger partial charge in [0.25, 0.3) is 0 Å². The standard InChI is InChI=1S/C21H23FN4O/c1-14(15(2)21(27)26-18-7-5-17(22)6-8-18)9-12-24-20-19-16(10-13-25-20)4-3-11-23-19/h3-8,10-11,13-15H,9,12H2,1-2H3,(H,24,25)(H,26,27). The zero-order valence-corrected chi connectivity index (χ0v) is 15.4. The zero-order chi connectivity index (χ0) is 19.2. The monoisotopic (exact) mass is 366 g/mol. The van der Waals surface area contributed by atoms with Crippen molar-refractivity contribution in [3.63, 3.8) is 0 Å². The van der Waals surface area contributed by atoms with E-state index in [9.17, 15) is 9.18 Å². The second-order valence-electron chi connectivity index (χ2n) is 6.71. The van der Waals surface area contributed by atoms with E-state index >= 15 is 0 Å². The lowest BCUT2D eigenvalue weighted by Gasteiger charge is -2.20. The molecule has 1 amide bonds. The number of carbonyl (C=O) groups is 1. The number of amides is 1. The van der Waals surface area contributed by atoms with Crippen molar-refractivity contribution in [1.29, 1.82) is 0 Å². The minimum Gasteiger partial charge on any atom is -0.368 e. The molecule has 2 heterocycles. The van der Waals surface area contributed by atoms with Crippen molar-refractivity contribution in [2.75, 3.05) is 17.2 Å². The fraction of sp³-hybridized carbons (Fsp3) is 0.286. The van der Waals surface area contributed by atoms with Gasteiger partial charge in [-0.15, -0.1) is 0 Å². The van der Waals surface area contributed by atoms with Gasteiger partial charge in [-0.25, -0.2) is 9.37 Å². The first-order valence-corrected chi connectivity index (χ1v) is 9.04. The van der Waals surface area contributed by atoms with E-state index in [0.29, 0.717) is 12.2 Å². The zero-order valence-electron chi connectivity index (χ0n) is 15.4. The van der Waals surface area contributed by atoms with Crippen molar-refractivity contribution in [3.8, 4) is 0 Å². The Balaban J connectivity index is 1.52. The van der Waals surface area contributed by atoms with Gasteiger partial charge < -0.3 is 10.6 Å². The second-order valence-corrected chi connectivity index (χ2v) is 6.71. The van der Waals surface area contributed by atoms with Crippen molar-refractivity contribution >= 4 is 28.3 Å². The maximum atomic E-state index is 13.0. The maximum Gasteiger partial charge on any atom is 0.227 e. The highest BCUT2D eigenvalue weighted by Gasteiger charge is 2.20. The molecular formula is C21H23FN4O. The summed E-state index contributed by atoms with van der Waals surface area (Å²) in [7, 11) is 0. The van der Waals surface area contributed by atoms with Gasteiger partial charge in [0.2, 0.25) is 5.91 Å². The highest BCUT2D eigenvalue weighted by Crippen LogP contribution is 2.20. The molecule has 5 nitrogen and oxygen atoms in total. The third-order valence-corrected chi connectivity index (χ3v) is 4.79. The number of fused-ring (bicyclic) bond motifs is 1. The summed E-state index contributed by atoms with van der Waals surface area (Å²) in [6.07, 6.45) is 4.32. The molecule has 0 radical (unpaired) electrons. The van der Waals surface area contributed by atoms with Crippen molar-refractivity contribution in [3.05, 3.63) is 60.7 Å². The van der Waals surface area contributed by atoms with E-state index in [2.05, 4.69) is 20.6 Å². The molecule has 0 fully saturated rings. The van der Waals surface area contributed by atoms with Gasteiger partial charge in [-0.2, -0.15) is 0 Å². The summed E-state index contributed by atoms with van der Waals surface area (Å²) in [6, 6.07) is 11.6. The predicted octanol–water partition coefficient (Wildman–Crippen LogP) is 4.48. The summed E-state index contributed by atoms with van der Waals surface area (Å²) in [4.78, 5) is 21.1. The number of pyridine rings is 2. The third kappa shape index (κ3) is 4.78. The minimum absolute atomic E-state index is 0.0703. The van der Waals surface area contributed by atoms with Crippen LogP contribution < -0.4 is 10.6 Å². The van der Waals surface area contributed by atoms with E-state index in [1.54, 1.807) is 24.5 Å². The van der Waals surface area contributed by atoms with Crippen molar-refractivity contribution in [2.45, 2.75) is 20.3 Å². The van der Waals surface area contributed by atoms with Gasteiger partial charge in [-0.05, 0) is 48.7 Å². The van der Waals surface area contributed by atoms with Crippen LogP contribution in [0.1, 0.15) is 20.3 Å². The van der Waals surface area contributed by atoms with Crippen LogP contribution in [0.25, 0.3) is 10.9 Å². The van der Waals surface area contributed by atoms with E-state index in [1.807, 2.05) is 32.0 Å². The number of hydrogen-bond donors (Lipinski definition) is 2. The van der Waals surface area contributed by atoms with E-state index in [-0.39, 0.29) is 23.6 Å². The quantitative estimate of drug-likeness (QED) is 0.647. The van der Waals surface area contributed by atoms with E-state index in [0.717, 1.165) is 23.1 Å². The number of nitrogens with one attached hydrogen (secondary N) is 2. The molecule has 0 bridgehead atoms. The van der Waals surface area contributed by atoms with Gasteiger partial charge in [-0.1, -0.05) is 19.9 Å². The molecule has 1 aromatic carbocycles. The summed E-state index contributed by atoms with van der Waals surface area (Å²) in [5.74, 6) is 0.358. The first-order chi connectivity index (χ1) is 13.0. The number of hydrogen-bond acceptors (Lipinski definition) is 4. The van der Waals surface area contributed by atoms with Crippen LogP contribution >= 0.6 is 0 Å². The molecule has 2 atom stereocenters. The Hall–Kier alpha value is -3.02. The van der Waals surface area contributed by atoms with E-state index < -0.39 is 0 Å². The Kier molecular flexibility index (Phi) is 5.96.